The Morgan fingerprint density at radius 3 is 2.44 bits per heavy atom. The maximum Gasteiger partial charge on any atom is 0.119 e. The Bertz CT molecular complexity index is 1160. The zero-order valence-corrected chi connectivity index (χ0v) is 15.0. The van der Waals surface area contributed by atoms with Gasteiger partial charge in [-0.2, -0.15) is 5.26 Å². The van der Waals surface area contributed by atoms with Gasteiger partial charge >= 0.3 is 0 Å². The van der Waals surface area contributed by atoms with Crippen LogP contribution in [-0.4, -0.2) is 11.7 Å². The van der Waals surface area contributed by atoms with Gasteiger partial charge < -0.3 is 9.30 Å². The molecule has 0 aliphatic heterocycles. The van der Waals surface area contributed by atoms with Crippen LogP contribution in [-0.2, 0) is 0 Å². The minimum atomic E-state index is 0.634. The van der Waals surface area contributed by atoms with Gasteiger partial charge in [0.2, 0.25) is 0 Å². The van der Waals surface area contributed by atoms with E-state index >= 15 is 0 Å². The van der Waals surface area contributed by atoms with E-state index in [9.17, 15) is 5.26 Å². The predicted octanol–water partition coefficient (Wildman–Crippen LogP) is 5.70. The van der Waals surface area contributed by atoms with Gasteiger partial charge in [0.1, 0.15) is 5.75 Å². The van der Waals surface area contributed by atoms with Crippen molar-refractivity contribution in [3.8, 4) is 17.5 Å². The molecule has 3 nitrogen and oxygen atoms in total. The summed E-state index contributed by atoms with van der Waals surface area (Å²) in [6.07, 6.45) is 3.91. The maximum absolute atomic E-state index is 9.74. The molecule has 4 aromatic rings. The number of ether oxygens (including phenoxy) is 1. The number of aromatic nitrogens is 1. The number of fused-ring (bicyclic) bond motifs is 1. The molecule has 0 aliphatic rings. The fraction of sp³-hybridized carbons (Fsp3) is 0.0417. The van der Waals surface area contributed by atoms with Crippen LogP contribution >= 0.6 is 0 Å². The maximum atomic E-state index is 9.74. The molecular weight excluding hydrogens is 332 g/mol. The molecule has 1 heterocycles. The van der Waals surface area contributed by atoms with Crippen LogP contribution in [0.2, 0.25) is 0 Å². The molecular formula is C24H18N2O. The predicted molar refractivity (Wildman–Crippen MR) is 110 cm³/mol. The summed E-state index contributed by atoms with van der Waals surface area (Å²) >= 11 is 0. The fourth-order valence-corrected chi connectivity index (χ4v) is 3.17. The summed E-state index contributed by atoms with van der Waals surface area (Å²) in [5.41, 5.74) is 3.51. The van der Waals surface area contributed by atoms with E-state index in [1.54, 1.807) is 7.11 Å². The molecule has 0 bridgehead atoms. The number of allylic oxidation sites excluding steroid dienone is 1. The summed E-state index contributed by atoms with van der Waals surface area (Å²) in [6, 6.07) is 28.5. The molecule has 0 fully saturated rings. The molecule has 1 aromatic heterocycles. The zero-order chi connectivity index (χ0) is 18.6. The Balaban J connectivity index is 1.75. The molecule has 3 aromatic carbocycles. The number of hydrogen-bond donors (Lipinski definition) is 0. The summed E-state index contributed by atoms with van der Waals surface area (Å²) in [4.78, 5) is 0. The first-order valence-electron chi connectivity index (χ1n) is 8.71. The van der Waals surface area contributed by atoms with Crippen molar-refractivity contribution in [1.82, 2.24) is 4.57 Å². The van der Waals surface area contributed by atoms with Crippen LogP contribution in [0.25, 0.3) is 28.1 Å². The second-order valence-corrected chi connectivity index (χ2v) is 6.23. The molecule has 0 atom stereocenters. The Labute approximate surface area is 158 Å². The van der Waals surface area contributed by atoms with Crippen molar-refractivity contribution in [3.63, 3.8) is 0 Å². The molecule has 0 aliphatic carbocycles. The molecule has 0 saturated heterocycles. The molecule has 0 saturated carbocycles. The van der Waals surface area contributed by atoms with E-state index in [1.165, 1.54) is 5.39 Å². The van der Waals surface area contributed by atoms with Crippen LogP contribution in [0, 0.1) is 11.3 Å². The number of hydrogen-bond acceptors (Lipinski definition) is 2. The fourth-order valence-electron chi connectivity index (χ4n) is 3.17. The van der Waals surface area contributed by atoms with Crippen LogP contribution in [0.3, 0.4) is 0 Å². The summed E-state index contributed by atoms with van der Waals surface area (Å²) < 4.78 is 7.28. The molecule has 0 N–H and O–H groups in total. The van der Waals surface area contributed by atoms with Crippen LogP contribution < -0.4 is 4.74 Å². The normalized spacial score (nSPS) is 11.3. The standard InChI is InChI=1S/C24H18N2O/c1-27-24-12-10-22(11-13-24)26-14-4-7-23(26)16-21(17-25)20-9-8-18-5-2-3-6-19(18)15-20/h2-16H,1H3. The molecule has 0 radical (unpaired) electrons. The van der Waals surface area contributed by atoms with Gasteiger partial charge in [0.05, 0.1) is 18.8 Å². The number of methoxy groups -OCH3 is 1. The highest BCUT2D eigenvalue weighted by Crippen LogP contribution is 2.24. The van der Waals surface area contributed by atoms with Crippen LogP contribution in [0.4, 0.5) is 0 Å². The zero-order valence-electron chi connectivity index (χ0n) is 15.0. The van der Waals surface area contributed by atoms with Crippen molar-refractivity contribution in [1.29, 1.82) is 5.26 Å². The first-order valence-corrected chi connectivity index (χ1v) is 8.71. The third kappa shape index (κ3) is 3.33. The Kier molecular flexibility index (Phi) is 4.47. The van der Waals surface area contributed by atoms with E-state index in [-0.39, 0.29) is 0 Å². The molecule has 0 spiro atoms. The van der Waals surface area contributed by atoms with Crippen molar-refractivity contribution in [3.05, 3.63) is 96.3 Å². The van der Waals surface area contributed by atoms with E-state index in [1.807, 2.05) is 66.9 Å². The van der Waals surface area contributed by atoms with E-state index in [4.69, 9.17) is 4.74 Å². The topological polar surface area (TPSA) is 38.0 Å². The lowest BCUT2D eigenvalue weighted by Crippen LogP contribution is -1.95. The highest BCUT2D eigenvalue weighted by Gasteiger charge is 2.06. The van der Waals surface area contributed by atoms with Gasteiger partial charge in [0.15, 0.2) is 0 Å². The van der Waals surface area contributed by atoms with E-state index < -0.39 is 0 Å². The summed E-state index contributed by atoms with van der Waals surface area (Å²) in [5, 5.41) is 12.0. The van der Waals surface area contributed by atoms with Crippen molar-refractivity contribution >= 4 is 22.4 Å². The first kappa shape index (κ1) is 16.7. The van der Waals surface area contributed by atoms with Crippen molar-refractivity contribution in [2.24, 2.45) is 0 Å². The number of benzene rings is 3. The largest absolute Gasteiger partial charge is 0.497 e. The quantitative estimate of drug-likeness (QED) is 0.443. The van der Waals surface area contributed by atoms with Crippen molar-refractivity contribution in [2.45, 2.75) is 0 Å². The molecule has 130 valence electrons. The van der Waals surface area contributed by atoms with Crippen molar-refractivity contribution < 1.29 is 4.74 Å². The molecule has 27 heavy (non-hydrogen) atoms. The van der Waals surface area contributed by atoms with Gasteiger partial charge in [0, 0.05) is 17.6 Å². The third-order valence-corrected chi connectivity index (χ3v) is 4.60. The smallest absolute Gasteiger partial charge is 0.119 e. The lowest BCUT2D eigenvalue weighted by molar-refractivity contribution is 0.414. The van der Waals surface area contributed by atoms with Gasteiger partial charge in [-0.05, 0) is 64.9 Å². The average molecular weight is 350 g/mol. The Morgan fingerprint density at radius 2 is 1.70 bits per heavy atom. The highest BCUT2D eigenvalue weighted by molar-refractivity contribution is 5.94. The van der Waals surface area contributed by atoms with Gasteiger partial charge in [-0.1, -0.05) is 36.4 Å². The van der Waals surface area contributed by atoms with E-state index in [0.29, 0.717) is 5.57 Å². The second kappa shape index (κ2) is 7.23. The summed E-state index contributed by atoms with van der Waals surface area (Å²) in [6.45, 7) is 0. The molecule has 3 heteroatoms. The summed E-state index contributed by atoms with van der Waals surface area (Å²) in [7, 11) is 1.65. The summed E-state index contributed by atoms with van der Waals surface area (Å²) in [5.74, 6) is 0.817. The van der Waals surface area contributed by atoms with Crippen LogP contribution in [0.15, 0.2) is 85.1 Å². The van der Waals surface area contributed by atoms with Gasteiger partial charge in [-0.3, -0.25) is 0 Å². The molecule has 4 rings (SSSR count). The molecule has 0 unspecified atom stereocenters. The van der Waals surface area contributed by atoms with Gasteiger partial charge in [-0.15, -0.1) is 0 Å². The second-order valence-electron chi connectivity index (χ2n) is 6.23. The number of nitrogens with zero attached hydrogens (tertiary/aromatic N) is 2. The van der Waals surface area contributed by atoms with Gasteiger partial charge in [-0.25, -0.2) is 0 Å². The minimum Gasteiger partial charge on any atom is -0.497 e. The SMILES string of the molecule is COc1ccc(-n2cccc2C=C(C#N)c2ccc3ccccc3c2)cc1. The van der Waals surface area contributed by atoms with Crippen molar-refractivity contribution in [2.75, 3.05) is 7.11 Å². The Hall–Kier alpha value is -3.77. The minimum absolute atomic E-state index is 0.634. The monoisotopic (exact) mass is 350 g/mol. The first-order chi connectivity index (χ1) is 13.3. The number of nitriles is 1. The lowest BCUT2D eigenvalue weighted by atomic mass is 10.0. The van der Waals surface area contributed by atoms with Crippen LogP contribution in [0.5, 0.6) is 5.75 Å². The number of rotatable bonds is 4. The van der Waals surface area contributed by atoms with Gasteiger partial charge in [0.25, 0.3) is 0 Å². The van der Waals surface area contributed by atoms with E-state index in [2.05, 4.69) is 34.9 Å². The third-order valence-electron chi connectivity index (χ3n) is 4.60. The highest BCUT2D eigenvalue weighted by atomic mass is 16.5. The molecule has 0 amide bonds. The average Bonchev–Trinajstić information content (AvgIpc) is 3.20. The Morgan fingerprint density at radius 1 is 0.926 bits per heavy atom. The van der Waals surface area contributed by atoms with E-state index in [0.717, 1.165) is 28.1 Å². The van der Waals surface area contributed by atoms with Crippen LogP contribution in [0.1, 0.15) is 11.3 Å². The lowest BCUT2D eigenvalue weighted by Gasteiger charge is -2.09.